The van der Waals surface area contributed by atoms with Crippen LogP contribution in [0, 0.1) is 0 Å². The fourth-order valence-electron chi connectivity index (χ4n) is 4.06. The highest BCUT2D eigenvalue weighted by Crippen LogP contribution is 2.21. The Morgan fingerprint density at radius 1 is 0.968 bits per heavy atom. The monoisotopic (exact) mass is 436 g/mol. The van der Waals surface area contributed by atoms with E-state index in [0.29, 0.717) is 51.7 Å². The molecular weight excluding hydrogens is 404 g/mol. The molecule has 1 unspecified atom stereocenters. The first-order chi connectivity index (χ1) is 14.8. The number of nitrogens with one attached hydrogen (secondary N) is 3. The summed E-state index contributed by atoms with van der Waals surface area (Å²) in [4.78, 5) is 64.0. The summed E-state index contributed by atoms with van der Waals surface area (Å²) < 4.78 is 4.98. The van der Waals surface area contributed by atoms with Crippen molar-refractivity contribution in [2.75, 3.05) is 13.2 Å². The fraction of sp³-hybridized carbons (Fsp3) is 0.762. The second kappa shape index (κ2) is 10.2. The maximum Gasteiger partial charge on any atom is 0.245 e. The Morgan fingerprint density at radius 2 is 1.61 bits per heavy atom. The number of hydrogen-bond acceptors (Lipinski definition) is 6. The number of rotatable bonds is 7. The first kappa shape index (κ1) is 23.2. The number of carbonyl (C=O) groups is 5. The highest BCUT2D eigenvalue weighted by Gasteiger charge is 2.39. The van der Waals surface area contributed by atoms with Crippen LogP contribution < -0.4 is 16.0 Å². The molecule has 0 aromatic carbocycles. The van der Waals surface area contributed by atoms with E-state index in [1.807, 2.05) is 0 Å². The summed E-state index contributed by atoms with van der Waals surface area (Å²) in [5.41, 5.74) is 0. The Balaban J connectivity index is 1.65. The first-order valence-corrected chi connectivity index (χ1v) is 11.1. The van der Waals surface area contributed by atoms with Gasteiger partial charge in [-0.05, 0) is 39.5 Å². The number of amides is 4. The van der Waals surface area contributed by atoms with Crippen molar-refractivity contribution in [1.82, 2.24) is 20.9 Å². The van der Waals surface area contributed by atoms with Crippen LogP contribution in [-0.4, -0.2) is 77.7 Å². The maximum absolute atomic E-state index is 13.2. The van der Waals surface area contributed by atoms with Gasteiger partial charge in [0.1, 0.15) is 30.3 Å². The minimum absolute atomic E-state index is 0.111. The zero-order valence-corrected chi connectivity index (χ0v) is 18.1. The van der Waals surface area contributed by atoms with Crippen LogP contribution in [0.2, 0.25) is 0 Å². The predicted octanol–water partition coefficient (Wildman–Crippen LogP) is -0.596. The molecule has 5 atom stereocenters. The number of ether oxygens (including phenoxy) is 1. The molecule has 10 heteroatoms. The van der Waals surface area contributed by atoms with Gasteiger partial charge in [0, 0.05) is 13.0 Å². The molecule has 4 amide bonds. The van der Waals surface area contributed by atoms with E-state index in [1.54, 1.807) is 13.8 Å². The number of nitrogens with zero attached hydrogens (tertiary/aromatic N) is 1. The normalized spacial score (nSPS) is 31.7. The molecule has 3 fully saturated rings. The first-order valence-electron chi connectivity index (χ1n) is 11.1. The van der Waals surface area contributed by atoms with Gasteiger partial charge in [0.05, 0.1) is 6.61 Å². The number of fused-ring (bicyclic) bond motifs is 1. The van der Waals surface area contributed by atoms with E-state index >= 15 is 0 Å². The van der Waals surface area contributed by atoms with Crippen LogP contribution in [0.4, 0.5) is 0 Å². The van der Waals surface area contributed by atoms with Crippen molar-refractivity contribution in [3.8, 4) is 0 Å². The molecule has 172 valence electrons. The van der Waals surface area contributed by atoms with Gasteiger partial charge in [-0.1, -0.05) is 12.8 Å². The van der Waals surface area contributed by atoms with Gasteiger partial charge in [0.25, 0.3) is 0 Å². The summed E-state index contributed by atoms with van der Waals surface area (Å²) in [5.74, 6) is -1.41. The van der Waals surface area contributed by atoms with E-state index < -0.39 is 36.0 Å². The molecule has 3 saturated heterocycles. The van der Waals surface area contributed by atoms with E-state index in [2.05, 4.69) is 16.0 Å². The van der Waals surface area contributed by atoms with Crippen LogP contribution in [0.5, 0.6) is 0 Å². The third-order valence-electron chi connectivity index (χ3n) is 6.07. The van der Waals surface area contributed by atoms with Gasteiger partial charge in [-0.25, -0.2) is 0 Å². The summed E-state index contributed by atoms with van der Waals surface area (Å²) in [5, 5.41) is 8.00. The number of unbranched alkanes of at least 4 members (excludes halogenated alkanes) is 2. The Morgan fingerprint density at radius 3 is 2.29 bits per heavy atom. The van der Waals surface area contributed by atoms with Crippen molar-refractivity contribution < 1.29 is 28.7 Å². The van der Waals surface area contributed by atoms with Crippen LogP contribution in [0.25, 0.3) is 0 Å². The molecule has 0 bridgehead atoms. The SMILES string of the molecule is C[C@@H]1NC(=O)C2CCCN2C(=O)[C@H](CCCCCC(=O)[C@@H]2CO2)NC(=O)[C@H](C)NC1=O. The molecule has 0 spiro atoms. The lowest BCUT2D eigenvalue weighted by Gasteiger charge is -2.31. The van der Waals surface area contributed by atoms with Crippen LogP contribution in [0.3, 0.4) is 0 Å². The number of carbonyl (C=O) groups excluding carboxylic acids is 5. The van der Waals surface area contributed by atoms with Gasteiger partial charge in [-0.3, -0.25) is 24.0 Å². The molecule has 0 saturated carbocycles. The molecule has 10 nitrogen and oxygen atoms in total. The van der Waals surface area contributed by atoms with Crippen molar-refractivity contribution in [2.24, 2.45) is 0 Å². The van der Waals surface area contributed by atoms with Gasteiger partial charge in [-0.2, -0.15) is 0 Å². The molecule has 0 aromatic heterocycles. The van der Waals surface area contributed by atoms with Crippen LogP contribution in [0.1, 0.15) is 58.8 Å². The molecule has 3 aliphatic rings. The average Bonchev–Trinajstić information content (AvgIpc) is 3.47. The van der Waals surface area contributed by atoms with Gasteiger partial charge in [0.15, 0.2) is 5.78 Å². The summed E-state index contributed by atoms with van der Waals surface area (Å²) >= 11 is 0. The molecule has 3 N–H and O–H groups in total. The average molecular weight is 437 g/mol. The smallest absolute Gasteiger partial charge is 0.245 e. The number of epoxide rings is 1. The third-order valence-corrected chi connectivity index (χ3v) is 6.07. The second-order valence-electron chi connectivity index (χ2n) is 8.60. The highest BCUT2D eigenvalue weighted by molar-refractivity contribution is 5.97. The molecule has 0 radical (unpaired) electrons. The third kappa shape index (κ3) is 6.03. The quantitative estimate of drug-likeness (QED) is 0.360. The standard InChI is InChI=1S/C21H32N4O6/c1-12-18(27)22-13(2)19(28)24-14(7-4-3-5-9-16(26)17-11-31-17)21(30)25-10-6-8-15(25)20(29)23-12/h12-15,17H,3-11H2,1-2H3,(H,22,27)(H,23,29)(H,24,28)/t12-,13-,14-,15?,17-/m0/s1. The van der Waals surface area contributed by atoms with E-state index in [0.717, 1.165) is 6.42 Å². The molecule has 3 heterocycles. The van der Waals surface area contributed by atoms with Crippen LogP contribution in [0.15, 0.2) is 0 Å². The Labute approximate surface area is 181 Å². The molecule has 0 aromatic rings. The Hall–Kier alpha value is -2.49. The zero-order chi connectivity index (χ0) is 22.5. The summed E-state index contributed by atoms with van der Waals surface area (Å²) in [6.07, 6.45) is 3.92. The lowest BCUT2D eigenvalue weighted by molar-refractivity contribution is -0.143. The molecule has 3 aliphatic heterocycles. The van der Waals surface area contributed by atoms with Crippen molar-refractivity contribution in [2.45, 2.75) is 89.1 Å². The largest absolute Gasteiger partial charge is 0.365 e. The Kier molecular flexibility index (Phi) is 7.64. The van der Waals surface area contributed by atoms with Crippen molar-refractivity contribution >= 4 is 29.4 Å². The number of ketones is 1. The number of Topliss-reactive ketones (excluding diaryl/α,β-unsaturated/α-hetero) is 1. The topological polar surface area (TPSA) is 137 Å². The van der Waals surface area contributed by atoms with Crippen molar-refractivity contribution in [3.63, 3.8) is 0 Å². The molecular formula is C21H32N4O6. The molecule has 31 heavy (non-hydrogen) atoms. The van der Waals surface area contributed by atoms with Crippen molar-refractivity contribution in [1.29, 1.82) is 0 Å². The predicted molar refractivity (Wildman–Crippen MR) is 110 cm³/mol. The number of hydrogen-bond donors (Lipinski definition) is 3. The van der Waals surface area contributed by atoms with Crippen LogP contribution >= 0.6 is 0 Å². The van der Waals surface area contributed by atoms with E-state index in [9.17, 15) is 24.0 Å². The van der Waals surface area contributed by atoms with Crippen LogP contribution in [-0.2, 0) is 28.7 Å². The minimum Gasteiger partial charge on any atom is -0.365 e. The minimum atomic E-state index is -0.841. The lowest BCUT2D eigenvalue weighted by atomic mass is 10.0. The van der Waals surface area contributed by atoms with E-state index in [-0.39, 0.29) is 23.7 Å². The molecule has 0 aliphatic carbocycles. The van der Waals surface area contributed by atoms with Gasteiger partial charge in [-0.15, -0.1) is 0 Å². The molecule has 3 rings (SSSR count). The van der Waals surface area contributed by atoms with Crippen molar-refractivity contribution in [3.05, 3.63) is 0 Å². The van der Waals surface area contributed by atoms with Gasteiger partial charge in [0.2, 0.25) is 23.6 Å². The fourth-order valence-corrected chi connectivity index (χ4v) is 4.06. The zero-order valence-electron chi connectivity index (χ0n) is 18.1. The van der Waals surface area contributed by atoms with Gasteiger partial charge < -0.3 is 25.6 Å². The maximum atomic E-state index is 13.2. The highest BCUT2D eigenvalue weighted by atomic mass is 16.6. The summed E-state index contributed by atoms with van der Waals surface area (Å²) in [6.45, 7) is 4.04. The summed E-state index contributed by atoms with van der Waals surface area (Å²) in [6, 6.07) is -3.07. The van der Waals surface area contributed by atoms with Gasteiger partial charge >= 0.3 is 0 Å². The lowest BCUT2D eigenvalue weighted by Crippen LogP contribution is -2.60. The second-order valence-corrected chi connectivity index (χ2v) is 8.60. The Bertz CT molecular complexity index is 737. The van der Waals surface area contributed by atoms with E-state index in [1.165, 1.54) is 4.90 Å². The van der Waals surface area contributed by atoms with E-state index in [4.69, 9.17) is 4.74 Å². The summed E-state index contributed by atoms with van der Waals surface area (Å²) in [7, 11) is 0.